The lowest BCUT2D eigenvalue weighted by Gasteiger charge is -2.06. The quantitative estimate of drug-likeness (QED) is 0.777. The third-order valence-electron chi connectivity index (χ3n) is 3.27. The number of rotatable bonds is 3. The fraction of sp³-hybridized carbons (Fsp3) is 0.0625. The average molecular weight is 346 g/mol. The molecule has 3 aromatic rings. The molecule has 0 aliphatic rings. The summed E-state index contributed by atoms with van der Waals surface area (Å²) >= 11 is 3.14. The van der Waals surface area contributed by atoms with E-state index < -0.39 is 0 Å². The summed E-state index contributed by atoms with van der Waals surface area (Å²) in [6.45, 7) is 0.638. The summed E-state index contributed by atoms with van der Waals surface area (Å²) in [4.78, 5) is 4.31. The molecule has 0 bridgehead atoms. The van der Waals surface area contributed by atoms with E-state index in [1.54, 1.807) is 18.5 Å². The van der Waals surface area contributed by atoms with E-state index in [4.69, 9.17) is 5.73 Å². The first kappa shape index (κ1) is 13.8. The predicted molar refractivity (Wildman–Crippen MR) is 85.3 cm³/mol. The van der Waals surface area contributed by atoms with Crippen LogP contribution in [0.2, 0.25) is 0 Å². The first-order valence-corrected chi connectivity index (χ1v) is 7.24. The highest BCUT2D eigenvalue weighted by Crippen LogP contribution is 2.28. The second-order valence-electron chi connectivity index (χ2n) is 4.72. The Bertz CT molecular complexity index is 768. The van der Waals surface area contributed by atoms with Crippen LogP contribution in [-0.4, -0.2) is 9.55 Å². The fourth-order valence-corrected chi connectivity index (χ4v) is 2.41. The molecule has 0 aliphatic carbocycles. The van der Waals surface area contributed by atoms with Gasteiger partial charge in [-0.2, -0.15) is 0 Å². The highest BCUT2D eigenvalue weighted by molar-refractivity contribution is 9.10. The van der Waals surface area contributed by atoms with Crippen molar-refractivity contribution in [2.45, 2.75) is 6.54 Å². The summed E-state index contributed by atoms with van der Waals surface area (Å²) < 4.78 is 15.9. The average Bonchev–Trinajstić information content (AvgIpc) is 2.84. The van der Waals surface area contributed by atoms with Crippen LogP contribution in [0.1, 0.15) is 5.56 Å². The zero-order valence-electron chi connectivity index (χ0n) is 11.1. The summed E-state index contributed by atoms with van der Waals surface area (Å²) in [6, 6.07) is 14.9. The van der Waals surface area contributed by atoms with E-state index in [0.29, 0.717) is 28.1 Å². The van der Waals surface area contributed by atoms with E-state index in [9.17, 15) is 4.39 Å². The van der Waals surface area contributed by atoms with Crippen molar-refractivity contribution in [2.24, 2.45) is 0 Å². The van der Waals surface area contributed by atoms with Crippen LogP contribution in [0.4, 0.5) is 10.2 Å². The van der Waals surface area contributed by atoms with Crippen molar-refractivity contribution < 1.29 is 4.39 Å². The van der Waals surface area contributed by atoms with Crippen LogP contribution in [0.5, 0.6) is 0 Å². The van der Waals surface area contributed by atoms with E-state index in [-0.39, 0.29) is 5.82 Å². The number of nitrogen functional groups attached to an aromatic ring is 1. The topological polar surface area (TPSA) is 43.8 Å². The molecule has 0 saturated heterocycles. The summed E-state index contributed by atoms with van der Waals surface area (Å²) in [5.41, 5.74) is 8.53. The van der Waals surface area contributed by atoms with Crippen molar-refractivity contribution in [3.05, 3.63) is 70.7 Å². The maximum atomic E-state index is 13.6. The minimum absolute atomic E-state index is 0.329. The van der Waals surface area contributed by atoms with Crippen molar-refractivity contribution in [1.29, 1.82) is 0 Å². The first-order valence-electron chi connectivity index (χ1n) is 6.45. The summed E-state index contributed by atoms with van der Waals surface area (Å²) in [7, 11) is 0. The first-order chi connectivity index (χ1) is 10.1. The molecule has 2 N–H and O–H groups in total. The summed E-state index contributed by atoms with van der Waals surface area (Å²) in [5, 5.41) is 0. The Hall–Kier alpha value is -2.14. The minimum atomic E-state index is -0.329. The van der Waals surface area contributed by atoms with Gasteiger partial charge in [-0.1, -0.05) is 36.4 Å². The van der Waals surface area contributed by atoms with Gasteiger partial charge in [-0.15, -0.1) is 0 Å². The lowest BCUT2D eigenvalue weighted by Crippen LogP contribution is -2.03. The molecule has 1 aromatic heterocycles. The van der Waals surface area contributed by atoms with E-state index in [0.717, 1.165) is 5.56 Å². The number of nitrogens with two attached hydrogens (primary N) is 1. The van der Waals surface area contributed by atoms with E-state index >= 15 is 0 Å². The van der Waals surface area contributed by atoms with Crippen LogP contribution in [0, 0.1) is 5.82 Å². The minimum Gasteiger partial charge on any atom is -0.383 e. The third-order valence-corrected chi connectivity index (χ3v) is 3.91. The zero-order chi connectivity index (χ0) is 14.8. The molecular formula is C16H13BrFN3. The summed E-state index contributed by atoms with van der Waals surface area (Å²) in [5.74, 6) is 0.199. The van der Waals surface area contributed by atoms with Gasteiger partial charge in [0.25, 0.3) is 0 Å². The van der Waals surface area contributed by atoms with Crippen LogP contribution in [0.15, 0.2) is 59.3 Å². The molecule has 21 heavy (non-hydrogen) atoms. The number of aromatic nitrogens is 2. The molecular weight excluding hydrogens is 333 g/mol. The molecule has 5 heteroatoms. The van der Waals surface area contributed by atoms with Crippen molar-refractivity contribution >= 4 is 21.7 Å². The lowest BCUT2D eigenvalue weighted by atomic mass is 10.1. The number of anilines is 1. The van der Waals surface area contributed by atoms with Crippen molar-refractivity contribution in [2.75, 3.05) is 5.73 Å². The molecule has 0 unspecified atom stereocenters. The zero-order valence-corrected chi connectivity index (χ0v) is 12.7. The molecule has 106 valence electrons. The number of nitrogens with zero attached hydrogens (tertiary/aromatic N) is 2. The van der Waals surface area contributed by atoms with Gasteiger partial charge in [-0.25, -0.2) is 9.37 Å². The van der Waals surface area contributed by atoms with Gasteiger partial charge in [0.2, 0.25) is 0 Å². The Kier molecular flexibility index (Phi) is 3.75. The number of halogens is 2. The highest BCUT2D eigenvalue weighted by atomic mass is 79.9. The van der Waals surface area contributed by atoms with Gasteiger partial charge in [0.1, 0.15) is 17.3 Å². The van der Waals surface area contributed by atoms with Crippen molar-refractivity contribution in [3.8, 4) is 11.3 Å². The largest absolute Gasteiger partial charge is 0.383 e. The maximum absolute atomic E-state index is 13.6. The predicted octanol–water partition coefficient (Wildman–Crippen LogP) is 4.08. The molecule has 0 spiro atoms. The molecule has 0 fully saturated rings. The van der Waals surface area contributed by atoms with E-state index in [2.05, 4.69) is 20.9 Å². The number of imidazole rings is 1. The Morgan fingerprint density at radius 3 is 2.62 bits per heavy atom. The van der Waals surface area contributed by atoms with Crippen LogP contribution >= 0.6 is 15.9 Å². The van der Waals surface area contributed by atoms with Gasteiger partial charge in [-0.3, -0.25) is 0 Å². The Morgan fingerprint density at radius 1 is 1.14 bits per heavy atom. The highest BCUT2D eigenvalue weighted by Gasteiger charge is 2.12. The second-order valence-corrected chi connectivity index (χ2v) is 5.58. The molecule has 0 saturated carbocycles. The molecule has 3 rings (SSSR count). The molecule has 0 aliphatic heterocycles. The van der Waals surface area contributed by atoms with Crippen LogP contribution in [0.3, 0.4) is 0 Å². The van der Waals surface area contributed by atoms with Gasteiger partial charge < -0.3 is 10.3 Å². The second kappa shape index (κ2) is 5.69. The lowest BCUT2D eigenvalue weighted by molar-refractivity contribution is 0.621. The van der Waals surface area contributed by atoms with Crippen LogP contribution < -0.4 is 5.73 Å². The van der Waals surface area contributed by atoms with Gasteiger partial charge in [0, 0.05) is 5.56 Å². The molecule has 0 radical (unpaired) electrons. The SMILES string of the molecule is Nc1c(-c2ccc(Br)c(F)c2)ncn1Cc1ccccc1. The monoisotopic (exact) mass is 345 g/mol. The van der Waals surface area contributed by atoms with Crippen molar-refractivity contribution in [1.82, 2.24) is 9.55 Å². The van der Waals surface area contributed by atoms with Crippen LogP contribution in [0.25, 0.3) is 11.3 Å². The standard InChI is InChI=1S/C16H13BrFN3/c17-13-7-6-12(8-14(13)18)15-16(19)21(10-20-15)9-11-4-2-1-3-5-11/h1-8,10H,9,19H2. The van der Waals surface area contributed by atoms with Gasteiger partial charge >= 0.3 is 0 Å². The Labute approximate surface area is 130 Å². The van der Waals surface area contributed by atoms with Crippen LogP contribution in [-0.2, 0) is 6.54 Å². The molecule has 0 atom stereocenters. The molecule has 0 amide bonds. The van der Waals surface area contributed by atoms with Gasteiger partial charge in [0.15, 0.2) is 0 Å². The Morgan fingerprint density at radius 2 is 1.90 bits per heavy atom. The molecule has 2 aromatic carbocycles. The number of hydrogen-bond donors (Lipinski definition) is 1. The van der Waals surface area contributed by atoms with Crippen molar-refractivity contribution in [3.63, 3.8) is 0 Å². The van der Waals surface area contributed by atoms with E-state index in [1.807, 2.05) is 34.9 Å². The normalized spacial score (nSPS) is 10.8. The van der Waals surface area contributed by atoms with Gasteiger partial charge in [-0.05, 0) is 33.6 Å². The third kappa shape index (κ3) is 2.83. The Balaban J connectivity index is 1.93. The smallest absolute Gasteiger partial charge is 0.138 e. The van der Waals surface area contributed by atoms with E-state index in [1.165, 1.54) is 6.07 Å². The maximum Gasteiger partial charge on any atom is 0.138 e. The fourth-order valence-electron chi connectivity index (χ4n) is 2.16. The molecule has 1 heterocycles. The molecule has 3 nitrogen and oxygen atoms in total. The number of hydrogen-bond acceptors (Lipinski definition) is 2. The number of benzene rings is 2. The van der Waals surface area contributed by atoms with Gasteiger partial charge in [0.05, 0.1) is 17.3 Å². The summed E-state index contributed by atoms with van der Waals surface area (Å²) in [6.07, 6.45) is 1.68.